The molecule has 0 radical (unpaired) electrons. The van der Waals surface area contributed by atoms with E-state index in [0.717, 1.165) is 0 Å². The van der Waals surface area contributed by atoms with Gasteiger partial charge in [-0.2, -0.15) is 0 Å². The van der Waals surface area contributed by atoms with E-state index in [1.807, 2.05) is 41.5 Å². The molecule has 0 amide bonds. The third-order valence-corrected chi connectivity index (χ3v) is 3.78. The Kier molecular flexibility index (Phi) is 19.8. The molecule has 0 bridgehead atoms. The maximum Gasteiger partial charge on any atom is 0.0110 e. The summed E-state index contributed by atoms with van der Waals surface area (Å²) in [5.41, 5.74) is 0. The summed E-state index contributed by atoms with van der Waals surface area (Å²) in [6, 6.07) is 0. The maximum absolute atomic E-state index is 2.64. The van der Waals surface area contributed by atoms with Crippen LogP contribution in [0.15, 0.2) is 0 Å². The highest BCUT2D eigenvalue weighted by molar-refractivity contribution is 4.72. The van der Waals surface area contributed by atoms with E-state index in [-0.39, 0.29) is 0 Å². The summed E-state index contributed by atoms with van der Waals surface area (Å²) in [5.74, 6) is 0. The molecule has 2 fully saturated rings. The zero-order chi connectivity index (χ0) is 16.5. The van der Waals surface area contributed by atoms with Gasteiger partial charge in [0, 0.05) is 39.3 Å². The summed E-state index contributed by atoms with van der Waals surface area (Å²) in [7, 11) is 2.22. The van der Waals surface area contributed by atoms with Crippen molar-refractivity contribution in [2.75, 3.05) is 59.4 Å². The van der Waals surface area contributed by atoms with Crippen LogP contribution >= 0.6 is 0 Å². The second-order valence-corrected chi connectivity index (χ2v) is 5.05. The van der Waals surface area contributed by atoms with Crippen molar-refractivity contribution in [3.63, 3.8) is 0 Å². The van der Waals surface area contributed by atoms with Crippen LogP contribution in [0.2, 0.25) is 0 Å². The van der Waals surface area contributed by atoms with Crippen molar-refractivity contribution in [3.05, 3.63) is 0 Å². The highest BCUT2D eigenvalue weighted by atomic mass is 15.3. The van der Waals surface area contributed by atoms with Gasteiger partial charge >= 0.3 is 0 Å². The lowest BCUT2D eigenvalue weighted by Gasteiger charge is -2.34. The molecule has 0 aliphatic carbocycles. The van der Waals surface area contributed by atoms with E-state index in [2.05, 4.69) is 21.7 Å². The zero-order valence-electron chi connectivity index (χ0n) is 16.1. The zero-order valence-corrected chi connectivity index (χ0v) is 16.1. The molecule has 3 nitrogen and oxygen atoms in total. The Morgan fingerprint density at radius 1 is 0.524 bits per heavy atom. The molecule has 2 aliphatic rings. The lowest BCUT2D eigenvalue weighted by Crippen LogP contribution is -2.47. The van der Waals surface area contributed by atoms with Gasteiger partial charge in [0.1, 0.15) is 0 Å². The van der Waals surface area contributed by atoms with Crippen molar-refractivity contribution in [2.24, 2.45) is 0 Å². The molecule has 0 aromatic heterocycles. The van der Waals surface area contributed by atoms with E-state index in [1.54, 1.807) is 0 Å². The minimum absolute atomic E-state index is 1.25. The molecule has 2 aliphatic heterocycles. The normalized spacial score (nSPS) is 20.1. The summed E-state index contributed by atoms with van der Waals surface area (Å²) in [4.78, 5) is 7.69. The summed E-state index contributed by atoms with van der Waals surface area (Å²) in [6.07, 6.45) is 4.29. The molecular weight excluding hydrogens is 258 g/mol. The number of nitrogens with zero attached hydrogens (tertiary/aromatic N) is 3. The molecule has 0 aromatic carbocycles. The van der Waals surface area contributed by atoms with E-state index in [1.165, 1.54) is 71.6 Å². The smallest absolute Gasteiger partial charge is 0.0110 e. The molecule has 3 heteroatoms. The van der Waals surface area contributed by atoms with Crippen LogP contribution in [0.3, 0.4) is 0 Å². The highest BCUT2D eigenvalue weighted by Gasteiger charge is 2.15. The van der Waals surface area contributed by atoms with Crippen molar-refractivity contribution >= 4 is 0 Å². The SMILES string of the molecule is CC.CC.CC.CN1CCN(CCN2CCCCC2)CC1. The van der Waals surface area contributed by atoms with Gasteiger partial charge in [-0.3, -0.25) is 4.90 Å². The Balaban J connectivity index is 0. The first-order valence-electron chi connectivity index (χ1n) is 9.48. The molecule has 21 heavy (non-hydrogen) atoms. The maximum atomic E-state index is 2.64. The van der Waals surface area contributed by atoms with E-state index >= 15 is 0 Å². The van der Waals surface area contributed by atoms with Gasteiger partial charge in [-0.05, 0) is 33.0 Å². The third-order valence-electron chi connectivity index (χ3n) is 3.78. The van der Waals surface area contributed by atoms with Crippen LogP contribution in [0.5, 0.6) is 0 Å². The minimum Gasteiger partial charge on any atom is -0.304 e. The average Bonchev–Trinajstić information content (AvgIpc) is 2.61. The molecule has 0 unspecified atom stereocenters. The first-order valence-corrected chi connectivity index (χ1v) is 9.48. The van der Waals surface area contributed by atoms with Gasteiger partial charge < -0.3 is 9.80 Å². The molecule has 2 rings (SSSR count). The molecule has 2 saturated heterocycles. The highest BCUT2D eigenvalue weighted by Crippen LogP contribution is 2.08. The summed E-state index contributed by atoms with van der Waals surface area (Å²) in [5, 5.41) is 0. The Hall–Kier alpha value is -0.120. The number of hydrogen-bond donors (Lipinski definition) is 0. The monoisotopic (exact) mass is 301 g/mol. The fourth-order valence-corrected chi connectivity index (χ4v) is 2.54. The quantitative estimate of drug-likeness (QED) is 0.785. The number of piperidine rings is 1. The van der Waals surface area contributed by atoms with Crippen molar-refractivity contribution < 1.29 is 0 Å². The van der Waals surface area contributed by atoms with Crippen molar-refractivity contribution in [1.29, 1.82) is 0 Å². The van der Waals surface area contributed by atoms with Gasteiger partial charge in [0.25, 0.3) is 0 Å². The molecule has 2 heterocycles. The average molecular weight is 302 g/mol. The number of likely N-dealkylation sites (N-methyl/N-ethyl adjacent to an activating group) is 1. The fourth-order valence-electron chi connectivity index (χ4n) is 2.54. The van der Waals surface area contributed by atoms with Gasteiger partial charge in [0.05, 0.1) is 0 Å². The number of likely N-dealkylation sites (tertiary alicyclic amines) is 1. The Morgan fingerprint density at radius 3 is 1.33 bits per heavy atom. The van der Waals surface area contributed by atoms with Crippen LogP contribution in [-0.4, -0.2) is 74.1 Å². The van der Waals surface area contributed by atoms with Gasteiger partial charge in [0.15, 0.2) is 0 Å². The van der Waals surface area contributed by atoms with Crippen molar-refractivity contribution in [2.45, 2.75) is 60.8 Å². The standard InChI is InChI=1S/C12H25N3.3C2H6/c1-13-7-9-15(10-8-13)12-11-14-5-3-2-4-6-14;3*1-2/h2-12H2,1H3;3*1-2H3. The van der Waals surface area contributed by atoms with Gasteiger partial charge in [-0.15, -0.1) is 0 Å². The number of piperazine rings is 1. The lowest BCUT2D eigenvalue weighted by molar-refractivity contribution is 0.128. The topological polar surface area (TPSA) is 9.72 Å². The van der Waals surface area contributed by atoms with Crippen LogP contribution in [0, 0.1) is 0 Å². The summed E-state index contributed by atoms with van der Waals surface area (Å²) >= 11 is 0. The second kappa shape index (κ2) is 17.9. The lowest BCUT2D eigenvalue weighted by atomic mass is 10.1. The second-order valence-electron chi connectivity index (χ2n) is 5.05. The van der Waals surface area contributed by atoms with Crippen LogP contribution in [-0.2, 0) is 0 Å². The first kappa shape index (κ1) is 23.2. The Bertz CT molecular complexity index is 171. The van der Waals surface area contributed by atoms with E-state index in [9.17, 15) is 0 Å². The van der Waals surface area contributed by atoms with Crippen LogP contribution in [0.25, 0.3) is 0 Å². The van der Waals surface area contributed by atoms with E-state index < -0.39 is 0 Å². The van der Waals surface area contributed by atoms with E-state index in [0.29, 0.717) is 0 Å². The molecule has 0 N–H and O–H groups in total. The van der Waals surface area contributed by atoms with Gasteiger partial charge in [-0.25, -0.2) is 0 Å². The molecule has 130 valence electrons. The number of hydrogen-bond acceptors (Lipinski definition) is 3. The van der Waals surface area contributed by atoms with Gasteiger partial charge in [-0.1, -0.05) is 48.0 Å². The van der Waals surface area contributed by atoms with Crippen LogP contribution in [0.4, 0.5) is 0 Å². The predicted octanol–water partition coefficient (Wildman–Crippen LogP) is 3.80. The molecule has 0 atom stereocenters. The third kappa shape index (κ3) is 12.1. The molecule has 0 saturated carbocycles. The Labute approximate surface area is 135 Å². The molecular formula is C18H43N3. The first-order chi connectivity index (χ1) is 10.3. The number of rotatable bonds is 3. The van der Waals surface area contributed by atoms with Crippen LogP contribution in [0.1, 0.15) is 60.8 Å². The van der Waals surface area contributed by atoms with Crippen molar-refractivity contribution in [3.8, 4) is 0 Å². The fraction of sp³-hybridized carbons (Fsp3) is 1.00. The van der Waals surface area contributed by atoms with E-state index in [4.69, 9.17) is 0 Å². The van der Waals surface area contributed by atoms with Gasteiger partial charge in [0.2, 0.25) is 0 Å². The Morgan fingerprint density at radius 2 is 0.905 bits per heavy atom. The molecule has 0 aromatic rings. The summed E-state index contributed by atoms with van der Waals surface area (Å²) in [6.45, 7) is 22.3. The minimum atomic E-state index is 1.25. The largest absolute Gasteiger partial charge is 0.304 e. The van der Waals surface area contributed by atoms with Crippen molar-refractivity contribution in [1.82, 2.24) is 14.7 Å². The molecule has 0 spiro atoms. The van der Waals surface area contributed by atoms with Crippen LogP contribution < -0.4 is 0 Å². The predicted molar refractivity (Wildman–Crippen MR) is 98.3 cm³/mol. The summed E-state index contributed by atoms with van der Waals surface area (Å²) < 4.78 is 0.